The van der Waals surface area contributed by atoms with Crippen molar-refractivity contribution < 1.29 is 13.9 Å². The van der Waals surface area contributed by atoms with E-state index in [-0.39, 0.29) is 18.3 Å². The molecule has 2 aromatic heterocycles. The number of ether oxygens (including phenoxy) is 1. The second-order valence-electron chi connectivity index (χ2n) is 6.18. The summed E-state index contributed by atoms with van der Waals surface area (Å²) in [6.07, 6.45) is 0.993. The Bertz CT molecular complexity index is 907. The molecule has 6 heteroatoms. The van der Waals surface area contributed by atoms with Gasteiger partial charge in [-0.3, -0.25) is 9.48 Å². The van der Waals surface area contributed by atoms with E-state index in [0.717, 1.165) is 23.6 Å². The molecular weight excluding hydrogens is 330 g/mol. The normalized spacial score (nSPS) is 10.8. The number of carbonyl (C=O) groups excluding carboxylic acids is 1. The van der Waals surface area contributed by atoms with Crippen LogP contribution in [-0.4, -0.2) is 15.7 Å². The second kappa shape index (κ2) is 7.47. The van der Waals surface area contributed by atoms with E-state index in [0.29, 0.717) is 11.4 Å². The maximum Gasteiger partial charge on any atom is 0.291 e. The highest BCUT2D eigenvalue weighted by Crippen LogP contribution is 2.20. The van der Waals surface area contributed by atoms with Crippen LogP contribution < -0.4 is 10.1 Å². The maximum absolute atomic E-state index is 12.4. The number of benzene rings is 1. The summed E-state index contributed by atoms with van der Waals surface area (Å²) in [5.41, 5.74) is 3.63. The van der Waals surface area contributed by atoms with Gasteiger partial charge in [0.1, 0.15) is 18.1 Å². The van der Waals surface area contributed by atoms with Crippen molar-refractivity contribution in [2.24, 2.45) is 7.05 Å². The van der Waals surface area contributed by atoms with Crippen LogP contribution in [0.5, 0.6) is 5.75 Å². The van der Waals surface area contributed by atoms with Crippen LogP contribution in [0, 0.1) is 13.8 Å². The summed E-state index contributed by atoms with van der Waals surface area (Å²) in [7, 11) is 1.84. The lowest BCUT2D eigenvalue weighted by Crippen LogP contribution is -2.12. The number of carbonyl (C=O) groups is 1. The second-order valence-corrected chi connectivity index (χ2v) is 6.18. The predicted molar refractivity (Wildman–Crippen MR) is 99.5 cm³/mol. The maximum atomic E-state index is 12.4. The zero-order valence-corrected chi connectivity index (χ0v) is 15.5. The predicted octanol–water partition coefficient (Wildman–Crippen LogP) is 4.02. The van der Waals surface area contributed by atoms with Crippen molar-refractivity contribution in [1.82, 2.24) is 9.78 Å². The van der Waals surface area contributed by atoms with Gasteiger partial charge >= 0.3 is 0 Å². The fourth-order valence-electron chi connectivity index (χ4n) is 2.68. The summed E-state index contributed by atoms with van der Waals surface area (Å²) in [5.74, 6) is 1.30. The van der Waals surface area contributed by atoms with E-state index >= 15 is 0 Å². The molecule has 0 atom stereocenters. The molecule has 136 valence electrons. The highest BCUT2D eigenvalue weighted by atomic mass is 16.5. The van der Waals surface area contributed by atoms with Crippen molar-refractivity contribution >= 4 is 11.6 Å². The van der Waals surface area contributed by atoms with E-state index in [9.17, 15) is 4.79 Å². The molecule has 0 fully saturated rings. The smallest absolute Gasteiger partial charge is 0.291 e. The standard InChI is InChI=1S/C20H23N3O3/c1-5-15-6-8-16(9-7-15)25-12-17-10-11-18(26-17)20(24)21-19-13(2)22-23(4)14(19)3/h6-11H,5,12H2,1-4H3,(H,21,24). The minimum absolute atomic E-state index is 0.243. The summed E-state index contributed by atoms with van der Waals surface area (Å²) >= 11 is 0. The molecule has 0 aliphatic carbocycles. The van der Waals surface area contributed by atoms with Gasteiger partial charge in [-0.1, -0.05) is 19.1 Å². The molecule has 0 radical (unpaired) electrons. The molecule has 0 spiro atoms. The average Bonchev–Trinajstić information content (AvgIpc) is 3.21. The first-order chi connectivity index (χ1) is 12.5. The highest BCUT2D eigenvalue weighted by molar-refractivity contribution is 6.02. The van der Waals surface area contributed by atoms with Gasteiger partial charge in [-0.2, -0.15) is 5.10 Å². The van der Waals surface area contributed by atoms with E-state index in [4.69, 9.17) is 9.15 Å². The van der Waals surface area contributed by atoms with Gasteiger partial charge < -0.3 is 14.5 Å². The Morgan fingerprint density at radius 3 is 2.54 bits per heavy atom. The Morgan fingerprint density at radius 1 is 1.19 bits per heavy atom. The molecule has 0 bridgehead atoms. The van der Waals surface area contributed by atoms with E-state index in [1.807, 2.05) is 45.2 Å². The van der Waals surface area contributed by atoms with Crippen molar-refractivity contribution in [1.29, 1.82) is 0 Å². The van der Waals surface area contributed by atoms with Crippen LogP contribution in [-0.2, 0) is 20.1 Å². The van der Waals surface area contributed by atoms with Crippen molar-refractivity contribution in [3.8, 4) is 5.75 Å². The minimum Gasteiger partial charge on any atom is -0.486 e. The van der Waals surface area contributed by atoms with Gasteiger partial charge in [-0.05, 0) is 50.1 Å². The van der Waals surface area contributed by atoms with Crippen LogP contribution >= 0.6 is 0 Å². The third-order valence-corrected chi connectivity index (χ3v) is 4.35. The number of amides is 1. The van der Waals surface area contributed by atoms with E-state index in [1.54, 1.807) is 16.8 Å². The molecule has 0 aliphatic heterocycles. The molecule has 6 nitrogen and oxygen atoms in total. The zero-order valence-electron chi connectivity index (χ0n) is 15.5. The molecular formula is C20H23N3O3. The van der Waals surface area contributed by atoms with Gasteiger partial charge in [0.2, 0.25) is 0 Å². The lowest BCUT2D eigenvalue weighted by atomic mass is 10.2. The van der Waals surface area contributed by atoms with Gasteiger partial charge in [0, 0.05) is 7.05 Å². The first-order valence-electron chi connectivity index (χ1n) is 8.60. The molecule has 3 rings (SSSR count). The quantitative estimate of drug-likeness (QED) is 0.726. The lowest BCUT2D eigenvalue weighted by molar-refractivity contribution is 0.0992. The molecule has 3 aromatic rings. The Balaban J connectivity index is 1.62. The van der Waals surface area contributed by atoms with Crippen molar-refractivity contribution in [2.75, 3.05) is 5.32 Å². The van der Waals surface area contributed by atoms with E-state index in [1.165, 1.54) is 5.56 Å². The van der Waals surface area contributed by atoms with Crippen LogP contribution in [0.25, 0.3) is 0 Å². The van der Waals surface area contributed by atoms with Crippen molar-refractivity contribution in [3.05, 3.63) is 64.9 Å². The summed E-state index contributed by atoms with van der Waals surface area (Å²) in [6.45, 7) is 6.14. The molecule has 0 saturated carbocycles. The molecule has 2 heterocycles. The number of anilines is 1. The van der Waals surface area contributed by atoms with Crippen LogP contribution in [0.15, 0.2) is 40.8 Å². The fourth-order valence-corrected chi connectivity index (χ4v) is 2.68. The number of furan rings is 1. The SMILES string of the molecule is CCc1ccc(OCc2ccc(C(=O)Nc3c(C)nn(C)c3C)o2)cc1. The molecule has 0 saturated heterocycles. The first kappa shape index (κ1) is 17.8. The Labute approximate surface area is 152 Å². The summed E-state index contributed by atoms with van der Waals surface area (Å²) in [6, 6.07) is 11.3. The van der Waals surface area contributed by atoms with Crippen LogP contribution in [0.3, 0.4) is 0 Å². The molecule has 0 aliphatic rings. The zero-order chi connectivity index (χ0) is 18.7. The third kappa shape index (κ3) is 3.79. The number of hydrogen-bond acceptors (Lipinski definition) is 4. The van der Waals surface area contributed by atoms with Gasteiger partial charge in [-0.15, -0.1) is 0 Å². The van der Waals surface area contributed by atoms with E-state index in [2.05, 4.69) is 17.3 Å². The van der Waals surface area contributed by atoms with Crippen LogP contribution in [0.4, 0.5) is 5.69 Å². The number of aromatic nitrogens is 2. The summed E-state index contributed by atoms with van der Waals surface area (Å²) in [5, 5.41) is 7.15. The van der Waals surface area contributed by atoms with Gasteiger partial charge in [0.25, 0.3) is 5.91 Å². The topological polar surface area (TPSA) is 69.3 Å². The van der Waals surface area contributed by atoms with Crippen molar-refractivity contribution in [3.63, 3.8) is 0 Å². The monoisotopic (exact) mass is 353 g/mol. The number of rotatable bonds is 6. The van der Waals surface area contributed by atoms with Crippen molar-refractivity contribution in [2.45, 2.75) is 33.8 Å². The Morgan fingerprint density at radius 2 is 1.92 bits per heavy atom. The largest absolute Gasteiger partial charge is 0.486 e. The molecule has 1 amide bonds. The summed E-state index contributed by atoms with van der Waals surface area (Å²) in [4.78, 5) is 12.4. The molecule has 1 aromatic carbocycles. The molecule has 0 unspecified atom stereocenters. The Kier molecular flexibility index (Phi) is 5.11. The lowest BCUT2D eigenvalue weighted by Gasteiger charge is -2.05. The van der Waals surface area contributed by atoms with E-state index < -0.39 is 0 Å². The third-order valence-electron chi connectivity index (χ3n) is 4.35. The number of nitrogens with one attached hydrogen (secondary N) is 1. The molecule has 1 N–H and O–H groups in total. The van der Waals surface area contributed by atoms with Crippen LogP contribution in [0.1, 0.15) is 40.2 Å². The number of nitrogens with zero attached hydrogens (tertiary/aromatic N) is 2. The van der Waals surface area contributed by atoms with Gasteiger partial charge in [-0.25, -0.2) is 0 Å². The number of hydrogen-bond donors (Lipinski definition) is 1. The summed E-state index contributed by atoms with van der Waals surface area (Å²) < 4.78 is 13.0. The minimum atomic E-state index is -0.303. The van der Waals surface area contributed by atoms with Gasteiger partial charge in [0.05, 0.1) is 17.1 Å². The van der Waals surface area contributed by atoms with Gasteiger partial charge in [0.15, 0.2) is 5.76 Å². The molecule has 26 heavy (non-hydrogen) atoms. The first-order valence-corrected chi connectivity index (χ1v) is 8.60. The Hall–Kier alpha value is -3.02. The average molecular weight is 353 g/mol. The fraction of sp³-hybridized carbons (Fsp3) is 0.300. The highest BCUT2D eigenvalue weighted by Gasteiger charge is 2.16. The number of aryl methyl sites for hydroxylation is 3. The van der Waals surface area contributed by atoms with Crippen LogP contribution in [0.2, 0.25) is 0 Å².